The first-order valence-corrected chi connectivity index (χ1v) is 6.39. The van der Waals surface area contributed by atoms with Gasteiger partial charge < -0.3 is 13.6 Å². The van der Waals surface area contributed by atoms with Crippen LogP contribution >= 0.6 is 0 Å². The Morgan fingerprint density at radius 1 is 1.27 bits per heavy atom. The minimum Gasteiger partial charge on any atom is -0.398 e. The monoisotopic (exact) mass is 178 g/mol. The van der Waals surface area contributed by atoms with Crippen LogP contribution < -0.4 is 0 Å². The van der Waals surface area contributed by atoms with Gasteiger partial charge >= 0.3 is 8.56 Å². The Morgan fingerprint density at radius 3 is 2.27 bits per heavy atom. The molecular weight excluding hydrogens is 160 g/mol. The molecule has 68 valence electrons. The minimum atomic E-state index is -1.87. The van der Waals surface area contributed by atoms with Crippen LogP contribution in [0, 0.1) is 0 Å². The predicted octanol–water partition coefficient (Wildman–Crippen LogP) is 1.74. The number of rotatable bonds is 6. The number of hydrogen-bond acceptors (Lipinski definition) is 3. The fourth-order valence-electron chi connectivity index (χ4n) is 0.871. The summed E-state index contributed by atoms with van der Waals surface area (Å²) in [6, 6.07) is 1.02. The van der Waals surface area contributed by atoms with Crippen LogP contribution in [0.5, 0.6) is 0 Å². The standard InChI is InChI=1S/C7H18O3Si/c1-5-6-11(4,9-3)10-7-8-2/h5-7H2,1-4H3. The van der Waals surface area contributed by atoms with Crippen molar-refractivity contribution >= 4 is 8.56 Å². The number of methoxy groups -OCH3 is 1. The van der Waals surface area contributed by atoms with E-state index < -0.39 is 8.56 Å². The normalized spacial score (nSPS) is 16.4. The molecule has 3 nitrogen and oxygen atoms in total. The molecule has 0 aromatic carbocycles. The van der Waals surface area contributed by atoms with E-state index >= 15 is 0 Å². The lowest BCUT2D eigenvalue weighted by atomic mass is 10.6. The molecule has 0 saturated heterocycles. The molecule has 0 fully saturated rings. The summed E-state index contributed by atoms with van der Waals surface area (Å²) in [6.07, 6.45) is 1.10. The van der Waals surface area contributed by atoms with Crippen LogP contribution in [0.3, 0.4) is 0 Å². The van der Waals surface area contributed by atoms with Gasteiger partial charge in [-0.2, -0.15) is 0 Å². The maximum atomic E-state index is 5.46. The van der Waals surface area contributed by atoms with E-state index in [-0.39, 0.29) is 0 Å². The Balaban J connectivity index is 3.68. The van der Waals surface area contributed by atoms with Crippen LogP contribution in [0.25, 0.3) is 0 Å². The van der Waals surface area contributed by atoms with Crippen molar-refractivity contribution in [3.63, 3.8) is 0 Å². The summed E-state index contributed by atoms with van der Waals surface area (Å²) in [7, 11) is 1.46. The molecule has 0 heterocycles. The van der Waals surface area contributed by atoms with Crippen molar-refractivity contribution in [3.8, 4) is 0 Å². The van der Waals surface area contributed by atoms with Gasteiger partial charge in [0.15, 0.2) is 0 Å². The van der Waals surface area contributed by atoms with Crippen molar-refractivity contribution in [2.24, 2.45) is 0 Å². The smallest absolute Gasteiger partial charge is 0.336 e. The van der Waals surface area contributed by atoms with Crippen molar-refractivity contribution in [2.45, 2.75) is 25.9 Å². The van der Waals surface area contributed by atoms with Gasteiger partial charge in [-0.25, -0.2) is 0 Å². The van der Waals surface area contributed by atoms with Gasteiger partial charge in [0.2, 0.25) is 0 Å². The third-order valence-electron chi connectivity index (χ3n) is 1.62. The van der Waals surface area contributed by atoms with Crippen LogP contribution in [0.2, 0.25) is 12.6 Å². The molecule has 1 atom stereocenters. The quantitative estimate of drug-likeness (QED) is 0.458. The topological polar surface area (TPSA) is 27.7 Å². The second kappa shape index (κ2) is 5.71. The van der Waals surface area contributed by atoms with Crippen molar-refractivity contribution < 1.29 is 13.6 Å². The summed E-state index contributed by atoms with van der Waals surface area (Å²) >= 11 is 0. The van der Waals surface area contributed by atoms with E-state index in [0.717, 1.165) is 12.5 Å². The second-order valence-electron chi connectivity index (χ2n) is 2.64. The van der Waals surface area contributed by atoms with E-state index in [1.807, 2.05) is 0 Å². The van der Waals surface area contributed by atoms with Gasteiger partial charge in [0.05, 0.1) is 0 Å². The number of ether oxygens (including phenoxy) is 1. The van der Waals surface area contributed by atoms with E-state index in [2.05, 4.69) is 13.5 Å². The Labute approximate surface area is 69.9 Å². The largest absolute Gasteiger partial charge is 0.398 e. The summed E-state index contributed by atoms with van der Waals surface area (Å²) in [6.45, 7) is 4.52. The zero-order valence-corrected chi connectivity index (χ0v) is 8.85. The molecule has 0 N–H and O–H groups in total. The highest BCUT2D eigenvalue weighted by atomic mass is 28.4. The molecule has 4 heteroatoms. The molecule has 0 aliphatic heterocycles. The van der Waals surface area contributed by atoms with E-state index in [1.54, 1.807) is 14.2 Å². The first kappa shape index (κ1) is 11.1. The minimum absolute atomic E-state index is 0.344. The highest BCUT2D eigenvalue weighted by molar-refractivity contribution is 6.65. The summed E-state index contributed by atoms with van der Waals surface area (Å²) in [5.41, 5.74) is 0. The lowest BCUT2D eigenvalue weighted by Crippen LogP contribution is -2.37. The fraction of sp³-hybridized carbons (Fsp3) is 1.00. The zero-order chi connectivity index (χ0) is 8.74. The third-order valence-corrected chi connectivity index (χ3v) is 4.62. The Bertz CT molecular complexity index is 99.7. The maximum absolute atomic E-state index is 5.46. The molecule has 0 bridgehead atoms. The Kier molecular flexibility index (Phi) is 5.76. The van der Waals surface area contributed by atoms with Crippen molar-refractivity contribution in [1.29, 1.82) is 0 Å². The zero-order valence-electron chi connectivity index (χ0n) is 7.85. The van der Waals surface area contributed by atoms with Gasteiger partial charge in [-0.15, -0.1) is 0 Å². The highest BCUT2D eigenvalue weighted by Gasteiger charge is 2.28. The van der Waals surface area contributed by atoms with Gasteiger partial charge in [-0.3, -0.25) is 0 Å². The van der Waals surface area contributed by atoms with Crippen molar-refractivity contribution in [1.82, 2.24) is 0 Å². The van der Waals surface area contributed by atoms with Gasteiger partial charge in [0.25, 0.3) is 0 Å². The molecule has 0 radical (unpaired) electrons. The van der Waals surface area contributed by atoms with Crippen molar-refractivity contribution in [3.05, 3.63) is 0 Å². The lowest BCUT2D eigenvalue weighted by molar-refractivity contribution is 0.0238. The second-order valence-corrected chi connectivity index (χ2v) is 6.10. The van der Waals surface area contributed by atoms with Crippen LogP contribution in [0.15, 0.2) is 0 Å². The highest BCUT2D eigenvalue weighted by Crippen LogP contribution is 2.13. The maximum Gasteiger partial charge on any atom is 0.336 e. The molecule has 0 amide bonds. The summed E-state index contributed by atoms with van der Waals surface area (Å²) in [5, 5.41) is 0. The van der Waals surface area contributed by atoms with Gasteiger partial charge in [-0.05, 0) is 12.6 Å². The summed E-state index contributed by atoms with van der Waals surface area (Å²) in [5.74, 6) is 0. The SMILES string of the molecule is CCC[Si](C)(OC)OCOC. The molecule has 0 aromatic heterocycles. The molecule has 0 saturated carbocycles. The van der Waals surface area contributed by atoms with E-state index in [1.165, 1.54) is 0 Å². The van der Waals surface area contributed by atoms with Gasteiger partial charge in [0.1, 0.15) is 6.79 Å². The van der Waals surface area contributed by atoms with E-state index in [4.69, 9.17) is 13.6 Å². The molecule has 0 aliphatic rings. The van der Waals surface area contributed by atoms with Crippen LogP contribution in [0.1, 0.15) is 13.3 Å². The van der Waals surface area contributed by atoms with Gasteiger partial charge in [0, 0.05) is 14.2 Å². The van der Waals surface area contributed by atoms with Crippen LogP contribution in [0.4, 0.5) is 0 Å². The molecule has 0 rings (SSSR count). The van der Waals surface area contributed by atoms with Crippen molar-refractivity contribution in [2.75, 3.05) is 21.0 Å². The predicted molar refractivity (Wildman–Crippen MR) is 46.7 cm³/mol. The summed E-state index contributed by atoms with van der Waals surface area (Å²) < 4.78 is 15.6. The Hall–Kier alpha value is 0.0969. The van der Waals surface area contributed by atoms with Gasteiger partial charge in [-0.1, -0.05) is 13.3 Å². The van der Waals surface area contributed by atoms with E-state index in [9.17, 15) is 0 Å². The molecular formula is C7H18O3Si. The van der Waals surface area contributed by atoms with Crippen LogP contribution in [-0.4, -0.2) is 29.6 Å². The molecule has 1 unspecified atom stereocenters. The van der Waals surface area contributed by atoms with Crippen LogP contribution in [-0.2, 0) is 13.6 Å². The first-order valence-electron chi connectivity index (χ1n) is 3.86. The number of hydrogen-bond donors (Lipinski definition) is 0. The molecule has 0 aromatic rings. The average Bonchev–Trinajstić information content (AvgIpc) is 2.02. The Morgan fingerprint density at radius 2 is 1.91 bits per heavy atom. The first-order chi connectivity index (χ1) is 5.18. The average molecular weight is 178 g/mol. The molecule has 0 aliphatic carbocycles. The molecule has 11 heavy (non-hydrogen) atoms. The third kappa shape index (κ3) is 4.52. The fourth-order valence-corrected chi connectivity index (χ4v) is 2.61. The van der Waals surface area contributed by atoms with E-state index in [0.29, 0.717) is 6.79 Å². The summed E-state index contributed by atoms with van der Waals surface area (Å²) in [4.78, 5) is 0. The lowest BCUT2D eigenvalue weighted by Gasteiger charge is -2.23. The molecule has 0 spiro atoms.